The summed E-state index contributed by atoms with van der Waals surface area (Å²) < 4.78 is 11.2. The van der Waals surface area contributed by atoms with Crippen molar-refractivity contribution < 1.29 is 19.1 Å². The van der Waals surface area contributed by atoms with E-state index in [0.717, 1.165) is 64.1 Å². The van der Waals surface area contributed by atoms with Gasteiger partial charge < -0.3 is 20.5 Å². The lowest BCUT2D eigenvalue weighted by molar-refractivity contribution is -0.128. The van der Waals surface area contributed by atoms with Crippen LogP contribution in [0.25, 0.3) is 0 Å². The summed E-state index contributed by atoms with van der Waals surface area (Å²) in [5, 5.41) is 14.1. The Bertz CT molecular complexity index is 1350. The number of hydrazone groups is 2. The van der Waals surface area contributed by atoms with Gasteiger partial charge in [0.2, 0.25) is 11.8 Å². The van der Waals surface area contributed by atoms with Gasteiger partial charge in [-0.05, 0) is 61.6 Å². The Morgan fingerprint density at radius 1 is 1.12 bits per heavy atom. The number of hydrogen-bond donors (Lipinski definition) is 3. The van der Waals surface area contributed by atoms with Crippen LogP contribution in [0, 0.1) is 5.92 Å². The molecule has 1 aliphatic carbocycles. The predicted octanol–water partition coefficient (Wildman–Crippen LogP) is 1.60. The first-order chi connectivity index (χ1) is 20.5. The van der Waals surface area contributed by atoms with Gasteiger partial charge in [0.25, 0.3) is 5.91 Å². The highest BCUT2D eigenvalue weighted by Gasteiger charge is 2.49. The first-order valence-electron chi connectivity index (χ1n) is 14.5. The van der Waals surface area contributed by atoms with E-state index in [0.29, 0.717) is 23.2 Å². The number of ether oxygens (including phenoxy) is 2. The van der Waals surface area contributed by atoms with E-state index in [4.69, 9.17) is 20.3 Å². The number of aromatic nitrogens is 1. The summed E-state index contributed by atoms with van der Waals surface area (Å²) in [4.78, 5) is 32.0. The van der Waals surface area contributed by atoms with E-state index >= 15 is 0 Å². The fourth-order valence-electron chi connectivity index (χ4n) is 5.97. The van der Waals surface area contributed by atoms with Crippen LogP contribution in [0.5, 0.6) is 11.6 Å². The number of carbonyl (C=O) groups is 2. The lowest BCUT2D eigenvalue weighted by Crippen LogP contribution is -2.56. The molecule has 12 nitrogen and oxygen atoms in total. The zero-order valence-corrected chi connectivity index (χ0v) is 23.4. The van der Waals surface area contributed by atoms with Gasteiger partial charge in [0.15, 0.2) is 0 Å². The molecule has 1 saturated heterocycles. The number of benzene rings is 1. The van der Waals surface area contributed by atoms with Crippen molar-refractivity contribution in [3.63, 3.8) is 0 Å². The minimum absolute atomic E-state index is 0.0448. The molecule has 2 atom stereocenters. The second-order valence-electron chi connectivity index (χ2n) is 10.9. The van der Waals surface area contributed by atoms with E-state index in [1.807, 2.05) is 47.5 Å². The maximum atomic E-state index is 13.0. The minimum Gasteiger partial charge on any atom is -0.439 e. The number of morpholine rings is 1. The first kappa shape index (κ1) is 27.9. The zero-order chi connectivity index (χ0) is 28.9. The lowest BCUT2D eigenvalue weighted by Gasteiger charge is -2.38. The van der Waals surface area contributed by atoms with Crippen LogP contribution in [0.2, 0.25) is 0 Å². The van der Waals surface area contributed by atoms with Crippen molar-refractivity contribution in [3.8, 4) is 11.6 Å². The highest BCUT2D eigenvalue weighted by molar-refractivity contribution is 6.19. The number of pyridine rings is 1. The molecule has 3 aliphatic heterocycles. The summed E-state index contributed by atoms with van der Waals surface area (Å²) in [7, 11) is 0. The molecule has 4 N–H and O–H groups in total. The van der Waals surface area contributed by atoms with E-state index in [9.17, 15) is 9.59 Å². The van der Waals surface area contributed by atoms with Gasteiger partial charge in [0.1, 0.15) is 17.6 Å². The van der Waals surface area contributed by atoms with Crippen molar-refractivity contribution >= 4 is 23.4 Å². The van der Waals surface area contributed by atoms with Gasteiger partial charge in [-0.25, -0.2) is 10.4 Å². The molecule has 12 heteroatoms. The largest absolute Gasteiger partial charge is 0.439 e. The van der Waals surface area contributed by atoms with Crippen molar-refractivity contribution in [2.24, 2.45) is 21.9 Å². The average Bonchev–Trinajstić information content (AvgIpc) is 3.43. The second kappa shape index (κ2) is 12.7. The number of nitrogens with one attached hydrogen (secondary N) is 2. The van der Waals surface area contributed by atoms with Crippen LogP contribution >= 0.6 is 0 Å². The Morgan fingerprint density at radius 2 is 1.90 bits per heavy atom. The Morgan fingerprint density at radius 3 is 2.64 bits per heavy atom. The van der Waals surface area contributed by atoms with Gasteiger partial charge >= 0.3 is 0 Å². The van der Waals surface area contributed by atoms with E-state index < -0.39 is 12.0 Å². The SMILES string of the molecule is NC1=NNC(=O)C2C1C(c1ccc(Oc3ccccn3)cc1)=NN2C1CCC(NC(=O)/C=C/CN2CCOCC2)CC1. The quantitative estimate of drug-likeness (QED) is 0.404. The maximum Gasteiger partial charge on any atom is 0.265 e. The number of fused-ring (bicyclic) bond motifs is 1. The van der Waals surface area contributed by atoms with Crippen molar-refractivity contribution in [2.45, 2.75) is 43.8 Å². The number of amides is 2. The molecule has 1 aromatic heterocycles. The average molecular weight is 573 g/mol. The van der Waals surface area contributed by atoms with E-state index in [1.165, 1.54) is 0 Å². The lowest BCUT2D eigenvalue weighted by atomic mass is 9.86. The van der Waals surface area contributed by atoms with E-state index in [2.05, 4.69) is 25.7 Å². The summed E-state index contributed by atoms with van der Waals surface area (Å²) >= 11 is 0. The van der Waals surface area contributed by atoms with Gasteiger partial charge in [-0.2, -0.15) is 10.2 Å². The number of rotatable bonds is 8. The number of nitrogens with two attached hydrogens (primary N) is 1. The highest BCUT2D eigenvalue weighted by Crippen LogP contribution is 2.35. The first-order valence-corrected chi connectivity index (χ1v) is 14.5. The summed E-state index contributed by atoms with van der Waals surface area (Å²) in [6.07, 6.45) is 8.41. The van der Waals surface area contributed by atoms with Crippen molar-refractivity contribution in [3.05, 3.63) is 66.4 Å². The van der Waals surface area contributed by atoms with Gasteiger partial charge in [0, 0.05) is 50.1 Å². The Labute approximate surface area is 244 Å². The predicted molar refractivity (Wildman–Crippen MR) is 157 cm³/mol. The monoisotopic (exact) mass is 572 g/mol. The van der Waals surface area contributed by atoms with Crippen molar-refractivity contribution in [1.82, 2.24) is 25.6 Å². The second-order valence-corrected chi connectivity index (χ2v) is 10.9. The van der Waals surface area contributed by atoms with Crippen LogP contribution in [0.4, 0.5) is 0 Å². The molecule has 4 aliphatic rings. The van der Waals surface area contributed by atoms with Crippen LogP contribution in [-0.4, -0.2) is 89.2 Å². The molecule has 220 valence electrons. The summed E-state index contributed by atoms with van der Waals surface area (Å²) in [5.74, 6) is 0.743. The highest BCUT2D eigenvalue weighted by atomic mass is 16.5. The molecular weight excluding hydrogens is 536 g/mol. The number of nitrogens with zero attached hydrogens (tertiary/aromatic N) is 5. The fraction of sp³-hybridized carbons (Fsp3) is 0.433. The molecule has 6 rings (SSSR count). The Hall–Kier alpha value is -4.29. The summed E-state index contributed by atoms with van der Waals surface area (Å²) in [6, 6.07) is 12.6. The topological polar surface area (TPSA) is 147 Å². The molecule has 2 unspecified atom stereocenters. The molecular formula is C30H36N8O4. The molecule has 1 saturated carbocycles. The van der Waals surface area contributed by atoms with E-state index in [-0.39, 0.29) is 23.9 Å². The molecule has 0 bridgehead atoms. The molecule has 2 aromatic rings. The fourth-order valence-corrected chi connectivity index (χ4v) is 5.97. The van der Waals surface area contributed by atoms with Crippen LogP contribution in [-0.2, 0) is 14.3 Å². The van der Waals surface area contributed by atoms with Gasteiger partial charge in [-0.15, -0.1) is 0 Å². The zero-order valence-electron chi connectivity index (χ0n) is 23.4. The molecule has 4 heterocycles. The normalized spacial score (nSPS) is 26.3. The molecule has 42 heavy (non-hydrogen) atoms. The Kier molecular flexibility index (Phi) is 8.42. The van der Waals surface area contributed by atoms with Crippen LogP contribution in [0.15, 0.2) is 71.0 Å². The van der Waals surface area contributed by atoms with E-state index in [1.54, 1.807) is 18.3 Å². The van der Waals surface area contributed by atoms with Crippen molar-refractivity contribution in [1.29, 1.82) is 0 Å². The van der Waals surface area contributed by atoms with Crippen molar-refractivity contribution in [2.75, 3.05) is 32.8 Å². The van der Waals surface area contributed by atoms with Gasteiger partial charge in [-0.3, -0.25) is 19.5 Å². The Balaban J connectivity index is 1.09. The smallest absolute Gasteiger partial charge is 0.265 e. The van der Waals surface area contributed by atoms with Crippen LogP contribution in [0.1, 0.15) is 31.2 Å². The number of hydrogen-bond acceptors (Lipinski definition) is 10. The molecule has 2 fully saturated rings. The standard InChI is InChI=1S/C30H36N8O4/c31-29-26-27(20-6-12-23(13-7-20)42-25-5-1-2-14-32-25)36-38(28(26)30(40)35-34-29)22-10-8-21(9-11-22)33-24(39)4-3-15-37-16-18-41-19-17-37/h1-7,12-14,21-22,26,28H,8-11,15-19H2,(H2,31,34)(H,33,39)(H,35,40)/b4-3+. The minimum atomic E-state index is -0.568. The molecule has 1 aromatic carbocycles. The number of carbonyl (C=O) groups excluding carboxylic acids is 2. The third-order valence-corrected chi connectivity index (χ3v) is 8.17. The molecule has 2 amide bonds. The number of amidine groups is 1. The maximum absolute atomic E-state index is 13.0. The third-order valence-electron chi connectivity index (χ3n) is 8.17. The molecule has 0 spiro atoms. The summed E-state index contributed by atoms with van der Waals surface area (Å²) in [6.45, 7) is 4.00. The third kappa shape index (κ3) is 6.29. The van der Waals surface area contributed by atoms with Gasteiger partial charge in [-0.1, -0.05) is 12.1 Å². The summed E-state index contributed by atoms with van der Waals surface area (Å²) in [5.41, 5.74) is 10.5. The molecule has 0 radical (unpaired) electrons. The van der Waals surface area contributed by atoms with Crippen LogP contribution in [0.3, 0.4) is 0 Å². The van der Waals surface area contributed by atoms with Gasteiger partial charge in [0.05, 0.1) is 24.8 Å². The van der Waals surface area contributed by atoms with Crippen LogP contribution < -0.4 is 21.2 Å².